The first-order chi connectivity index (χ1) is 16.4. The molecule has 174 valence electrons. The summed E-state index contributed by atoms with van der Waals surface area (Å²) >= 11 is 0. The zero-order chi connectivity index (χ0) is 23.7. The summed E-state index contributed by atoms with van der Waals surface area (Å²) in [6.07, 6.45) is 0.329. The number of benzene rings is 3. The molecule has 2 aliphatic heterocycles. The van der Waals surface area contributed by atoms with E-state index in [1.807, 2.05) is 0 Å². The largest absolute Gasteiger partial charge is 0.476 e. The molecule has 0 bridgehead atoms. The number of anilines is 3. The van der Waals surface area contributed by atoms with Crippen molar-refractivity contribution in [3.05, 3.63) is 78.9 Å². The summed E-state index contributed by atoms with van der Waals surface area (Å²) in [4.78, 5) is 26.9. The third-order valence-electron chi connectivity index (χ3n) is 5.88. The molecule has 3 aromatic rings. The van der Waals surface area contributed by atoms with Crippen molar-refractivity contribution in [2.75, 3.05) is 27.6 Å². The summed E-state index contributed by atoms with van der Waals surface area (Å²) in [6, 6.07) is 21.8. The van der Waals surface area contributed by atoms with Crippen LogP contribution in [0.5, 0.6) is 5.75 Å². The van der Waals surface area contributed by atoms with Crippen molar-refractivity contribution < 1.29 is 22.7 Å². The molecule has 9 heteroatoms. The van der Waals surface area contributed by atoms with E-state index in [4.69, 9.17) is 4.74 Å². The van der Waals surface area contributed by atoms with Crippen molar-refractivity contribution in [2.24, 2.45) is 0 Å². The number of nitrogens with one attached hydrogen (secondary N) is 1. The predicted molar refractivity (Wildman–Crippen MR) is 128 cm³/mol. The van der Waals surface area contributed by atoms with Gasteiger partial charge in [-0.15, -0.1) is 0 Å². The van der Waals surface area contributed by atoms with E-state index in [1.165, 1.54) is 16.4 Å². The van der Waals surface area contributed by atoms with Crippen LogP contribution in [-0.4, -0.2) is 39.4 Å². The topological polar surface area (TPSA) is 96.0 Å². The summed E-state index contributed by atoms with van der Waals surface area (Å²) in [5, 5.41) is 2.79. The standard InChI is InChI=1S/C25H23N3O5S/c29-24-11-6-16-27(24)19-14-12-18(13-15-19)26-25(30)23-17-28(21-9-4-5-10-22(21)33-23)34(31,32)20-7-2-1-3-8-20/h1-5,7-10,12-15,23H,6,11,16-17H2,(H,26,30). The Hall–Kier alpha value is -3.85. The molecule has 2 amide bonds. The molecule has 1 N–H and O–H groups in total. The second-order valence-corrected chi connectivity index (χ2v) is 9.97. The number of rotatable bonds is 5. The van der Waals surface area contributed by atoms with Gasteiger partial charge in [-0.05, 0) is 55.0 Å². The van der Waals surface area contributed by atoms with E-state index in [9.17, 15) is 18.0 Å². The first-order valence-electron chi connectivity index (χ1n) is 11.0. The maximum Gasteiger partial charge on any atom is 0.267 e. The number of hydrogen-bond donors (Lipinski definition) is 1. The van der Waals surface area contributed by atoms with Gasteiger partial charge in [0.1, 0.15) is 5.75 Å². The van der Waals surface area contributed by atoms with Crippen molar-refractivity contribution >= 4 is 38.9 Å². The molecule has 0 aromatic heterocycles. The van der Waals surface area contributed by atoms with Crippen LogP contribution in [0.2, 0.25) is 0 Å². The minimum absolute atomic E-state index is 0.0887. The van der Waals surface area contributed by atoms with Gasteiger partial charge in [-0.25, -0.2) is 8.42 Å². The van der Waals surface area contributed by atoms with Gasteiger partial charge in [0.2, 0.25) is 5.91 Å². The molecule has 0 radical (unpaired) electrons. The molecule has 0 saturated carbocycles. The van der Waals surface area contributed by atoms with E-state index < -0.39 is 22.0 Å². The van der Waals surface area contributed by atoms with E-state index in [0.29, 0.717) is 30.1 Å². The zero-order valence-corrected chi connectivity index (χ0v) is 19.1. The Labute approximate surface area is 197 Å². The second-order valence-electron chi connectivity index (χ2n) is 8.11. The third kappa shape index (κ3) is 4.10. The number of nitrogens with zero attached hydrogens (tertiary/aromatic N) is 2. The highest BCUT2D eigenvalue weighted by molar-refractivity contribution is 7.92. The van der Waals surface area contributed by atoms with E-state index >= 15 is 0 Å². The first-order valence-corrected chi connectivity index (χ1v) is 12.4. The van der Waals surface area contributed by atoms with Crippen LogP contribution in [0.4, 0.5) is 17.1 Å². The first kappa shape index (κ1) is 22.0. The Bertz CT molecular complexity index is 1330. The molecule has 0 spiro atoms. The number of fused-ring (bicyclic) bond motifs is 1. The summed E-state index contributed by atoms with van der Waals surface area (Å²) in [6.45, 7) is 0.520. The summed E-state index contributed by atoms with van der Waals surface area (Å²) in [7, 11) is -3.90. The summed E-state index contributed by atoms with van der Waals surface area (Å²) in [5.41, 5.74) is 1.69. The van der Waals surface area contributed by atoms with Gasteiger partial charge in [0.15, 0.2) is 6.10 Å². The Morgan fingerprint density at radius 3 is 2.35 bits per heavy atom. The molecule has 1 fully saturated rings. The number of amides is 2. The van der Waals surface area contributed by atoms with E-state index in [1.54, 1.807) is 71.6 Å². The van der Waals surface area contributed by atoms with Crippen LogP contribution in [-0.2, 0) is 19.6 Å². The minimum Gasteiger partial charge on any atom is -0.476 e. The Morgan fingerprint density at radius 1 is 0.941 bits per heavy atom. The van der Waals surface area contributed by atoms with Crippen molar-refractivity contribution in [2.45, 2.75) is 23.8 Å². The lowest BCUT2D eigenvalue weighted by atomic mass is 10.2. The fourth-order valence-electron chi connectivity index (χ4n) is 4.15. The lowest BCUT2D eigenvalue weighted by molar-refractivity contribution is -0.122. The Morgan fingerprint density at radius 2 is 1.65 bits per heavy atom. The van der Waals surface area contributed by atoms with E-state index in [0.717, 1.165) is 12.1 Å². The third-order valence-corrected chi connectivity index (χ3v) is 7.67. The molecule has 34 heavy (non-hydrogen) atoms. The average molecular weight is 478 g/mol. The molecule has 2 heterocycles. The lowest BCUT2D eigenvalue weighted by Gasteiger charge is -2.34. The molecule has 2 aliphatic rings. The second kappa shape index (κ2) is 8.83. The molecule has 1 saturated heterocycles. The number of para-hydroxylation sites is 2. The van der Waals surface area contributed by atoms with Crippen LogP contribution in [0, 0.1) is 0 Å². The predicted octanol–water partition coefficient (Wildman–Crippen LogP) is 3.41. The highest BCUT2D eigenvalue weighted by Gasteiger charge is 2.37. The van der Waals surface area contributed by atoms with Crippen LogP contribution < -0.4 is 19.3 Å². The molecule has 8 nitrogen and oxygen atoms in total. The van der Waals surface area contributed by atoms with Gasteiger partial charge in [-0.3, -0.25) is 13.9 Å². The number of ether oxygens (including phenoxy) is 1. The normalized spacial score (nSPS) is 17.8. The van der Waals surface area contributed by atoms with Crippen molar-refractivity contribution in [3.8, 4) is 5.75 Å². The Kier molecular flexibility index (Phi) is 5.70. The Balaban J connectivity index is 1.37. The van der Waals surface area contributed by atoms with Crippen LogP contribution in [0.15, 0.2) is 83.8 Å². The van der Waals surface area contributed by atoms with Crippen LogP contribution in [0.1, 0.15) is 12.8 Å². The smallest absolute Gasteiger partial charge is 0.267 e. The maximum atomic E-state index is 13.4. The maximum absolute atomic E-state index is 13.4. The lowest BCUT2D eigenvalue weighted by Crippen LogP contribution is -2.48. The number of carbonyl (C=O) groups excluding carboxylic acids is 2. The van der Waals surface area contributed by atoms with Gasteiger partial charge in [0.25, 0.3) is 15.9 Å². The van der Waals surface area contributed by atoms with Crippen LogP contribution in [0.25, 0.3) is 0 Å². The van der Waals surface area contributed by atoms with Gasteiger partial charge >= 0.3 is 0 Å². The summed E-state index contributed by atoms with van der Waals surface area (Å²) in [5.74, 6) is -0.0603. The fraction of sp³-hybridized carbons (Fsp3) is 0.200. The van der Waals surface area contributed by atoms with E-state index in [-0.39, 0.29) is 17.3 Å². The van der Waals surface area contributed by atoms with Crippen molar-refractivity contribution in [1.29, 1.82) is 0 Å². The monoisotopic (exact) mass is 477 g/mol. The van der Waals surface area contributed by atoms with Gasteiger partial charge in [0, 0.05) is 24.3 Å². The van der Waals surface area contributed by atoms with Crippen molar-refractivity contribution in [1.82, 2.24) is 0 Å². The van der Waals surface area contributed by atoms with Crippen LogP contribution >= 0.6 is 0 Å². The molecule has 1 unspecified atom stereocenters. The molecule has 5 rings (SSSR count). The number of hydrogen-bond acceptors (Lipinski definition) is 5. The SMILES string of the molecule is O=C(Nc1ccc(N2CCCC2=O)cc1)C1CN(S(=O)(=O)c2ccccc2)c2ccccc2O1. The molecule has 3 aromatic carbocycles. The highest BCUT2D eigenvalue weighted by Crippen LogP contribution is 2.37. The van der Waals surface area contributed by atoms with Crippen molar-refractivity contribution in [3.63, 3.8) is 0 Å². The average Bonchev–Trinajstić information content (AvgIpc) is 3.30. The molecule has 0 aliphatic carbocycles. The fourth-order valence-corrected chi connectivity index (χ4v) is 5.65. The molecular weight excluding hydrogens is 454 g/mol. The number of carbonyl (C=O) groups is 2. The van der Waals surface area contributed by atoms with Gasteiger partial charge in [-0.1, -0.05) is 30.3 Å². The number of sulfonamides is 1. The minimum atomic E-state index is -3.90. The molecule has 1 atom stereocenters. The quantitative estimate of drug-likeness (QED) is 0.608. The highest BCUT2D eigenvalue weighted by atomic mass is 32.2. The van der Waals surface area contributed by atoms with Gasteiger partial charge in [0.05, 0.1) is 17.1 Å². The van der Waals surface area contributed by atoms with Crippen LogP contribution in [0.3, 0.4) is 0 Å². The van der Waals surface area contributed by atoms with Gasteiger partial charge in [-0.2, -0.15) is 0 Å². The van der Waals surface area contributed by atoms with E-state index in [2.05, 4.69) is 5.32 Å². The van der Waals surface area contributed by atoms with Gasteiger partial charge < -0.3 is 15.0 Å². The molecular formula is C25H23N3O5S. The summed E-state index contributed by atoms with van der Waals surface area (Å²) < 4.78 is 33.8. The zero-order valence-electron chi connectivity index (χ0n) is 18.3.